The Morgan fingerprint density at radius 3 is 2.71 bits per heavy atom. The van der Waals surface area contributed by atoms with E-state index < -0.39 is 0 Å². The number of H-pyrrole nitrogens is 1. The number of fused-ring (bicyclic) bond motifs is 1. The van der Waals surface area contributed by atoms with E-state index in [1.807, 2.05) is 47.8 Å². The van der Waals surface area contributed by atoms with Crippen molar-refractivity contribution in [3.05, 3.63) is 54.7 Å². The topological polar surface area (TPSA) is 57.2 Å². The van der Waals surface area contributed by atoms with Crippen molar-refractivity contribution in [2.45, 2.75) is 6.54 Å². The molecule has 6 nitrogen and oxygen atoms in total. The van der Waals surface area contributed by atoms with Crippen LogP contribution in [0.15, 0.2) is 49.1 Å². The van der Waals surface area contributed by atoms with Crippen LogP contribution in [0.4, 0.5) is 0 Å². The van der Waals surface area contributed by atoms with E-state index in [4.69, 9.17) is 0 Å². The highest BCUT2D eigenvalue weighted by atomic mass is 16.2. The fraction of sp³-hybridized carbons (Fsp3) is 0.333. The molecule has 1 aliphatic heterocycles. The Morgan fingerprint density at radius 2 is 1.96 bits per heavy atom. The highest BCUT2D eigenvalue weighted by Gasteiger charge is 2.23. The van der Waals surface area contributed by atoms with Gasteiger partial charge in [0.15, 0.2) is 0 Å². The van der Waals surface area contributed by atoms with Crippen LogP contribution in [-0.4, -0.2) is 63.0 Å². The van der Waals surface area contributed by atoms with Gasteiger partial charge >= 0.3 is 0 Å². The predicted molar refractivity (Wildman–Crippen MR) is 92.9 cm³/mol. The summed E-state index contributed by atoms with van der Waals surface area (Å²) in [7, 11) is 0. The van der Waals surface area contributed by atoms with E-state index in [0.717, 1.165) is 50.2 Å². The Kier molecular flexibility index (Phi) is 4.04. The second-order valence-electron chi connectivity index (χ2n) is 6.20. The number of aromatic nitrogens is 3. The lowest BCUT2D eigenvalue weighted by Crippen LogP contribution is -2.49. The van der Waals surface area contributed by atoms with Crippen molar-refractivity contribution in [1.29, 1.82) is 0 Å². The number of imidazole rings is 1. The number of para-hydroxylation sites is 1. The third-order valence-corrected chi connectivity index (χ3v) is 4.65. The quantitative estimate of drug-likeness (QED) is 0.797. The smallest absolute Gasteiger partial charge is 0.270 e. The lowest BCUT2D eigenvalue weighted by molar-refractivity contribution is 0.0628. The van der Waals surface area contributed by atoms with Gasteiger partial charge in [-0.25, -0.2) is 4.98 Å². The Morgan fingerprint density at radius 1 is 1.12 bits per heavy atom. The summed E-state index contributed by atoms with van der Waals surface area (Å²) in [6.45, 7) is 5.32. The molecule has 0 bridgehead atoms. The zero-order chi connectivity index (χ0) is 16.4. The van der Waals surface area contributed by atoms with E-state index >= 15 is 0 Å². The average Bonchev–Trinajstić information content (AvgIpc) is 3.29. The minimum Gasteiger partial charge on any atom is -0.351 e. The summed E-state index contributed by atoms with van der Waals surface area (Å²) < 4.78 is 2.09. The molecule has 0 saturated carbocycles. The lowest BCUT2D eigenvalue weighted by atomic mass is 10.2. The molecule has 6 heteroatoms. The van der Waals surface area contributed by atoms with Gasteiger partial charge in [0.2, 0.25) is 0 Å². The first-order chi connectivity index (χ1) is 11.8. The molecule has 4 rings (SSSR count). The summed E-state index contributed by atoms with van der Waals surface area (Å²) in [5.74, 6) is 0.0976. The molecule has 3 aromatic rings. The molecule has 1 amide bonds. The summed E-state index contributed by atoms with van der Waals surface area (Å²) in [5.41, 5.74) is 1.70. The van der Waals surface area contributed by atoms with E-state index in [2.05, 4.69) is 19.4 Å². The molecular formula is C18H21N5O. The van der Waals surface area contributed by atoms with Crippen molar-refractivity contribution in [2.75, 3.05) is 32.7 Å². The number of piperazine rings is 1. The van der Waals surface area contributed by atoms with Crippen molar-refractivity contribution in [1.82, 2.24) is 24.3 Å². The van der Waals surface area contributed by atoms with E-state index in [1.54, 1.807) is 6.20 Å². The van der Waals surface area contributed by atoms with Crippen LogP contribution < -0.4 is 0 Å². The van der Waals surface area contributed by atoms with Gasteiger partial charge in [-0.05, 0) is 12.1 Å². The molecule has 0 radical (unpaired) electrons. The van der Waals surface area contributed by atoms with E-state index in [1.165, 1.54) is 0 Å². The molecule has 0 atom stereocenters. The Bertz CT molecular complexity index is 782. The monoisotopic (exact) mass is 323 g/mol. The Balaban J connectivity index is 1.34. The third-order valence-electron chi connectivity index (χ3n) is 4.65. The fourth-order valence-electron chi connectivity index (χ4n) is 3.21. The lowest BCUT2D eigenvalue weighted by Gasteiger charge is -2.34. The number of hydrogen-bond donors (Lipinski definition) is 1. The van der Waals surface area contributed by atoms with Crippen molar-refractivity contribution in [3.8, 4) is 0 Å². The molecule has 3 heterocycles. The normalized spacial score (nSPS) is 15.9. The number of carbonyl (C=O) groups excluding carboxylic acids is 1. The molecule has 0 aliphatic carbocycles. The zero-order valence-electron chi connectivity index (χ0n) is 13.6. The fourth-order valence-corrected chi connectivity index (χ4v) is 3.21. The number of benzene rings is 1. The van der Waals surface area contributed by atoms with Gasteiger partial charge in [0.1, 0.15) is 5.69 Å². The molecule has 2 aromatic heterocycles. The van der Waals surface area contributed by atoms with Crippen molar-refractivity contribution in [3.63, 3.8) is 0 Å². The molecule has 1 N–H and O–H groups in total. The summed E-state index contributed by atoms with van der Waals surface area (Å²) in [5, 5.41) is 1.08. The first kappa shape index (κ1) is 15.0. The first-order valence-corrected chi connectivity index (χ1v) is 8.35. The van der Waals surface area contributed by atoms with Crippen LogP contribution in [0.2, 0.25) is 0 Å². The second-order valence-corrected chi connectivity index (χ2v) is 6.20. The van der Waals surface area contributed by atoms with Crippen LogP contribution >= 0.6 is 0 Å². The third kappa shape index (κ3) is 3.05. The SMILES string of the molecule is O=C(c1cc2ccccc2[nH]1)N1CCN(CCn2ccnc2)CC1. The number of nitrogens with zero attached hydrogens (tertiary/aromatic N) is 4. The van der Waals surface area contributed by atoms with Gasteiger partial charge in [-0.2, -0.15) is 0 Å². The van der Waals surface area contributed by atoms with Crippen molar-refractivity contribution >= 4 is 16.8 Å². The molecular weight excluding hydrogens is 302 g/mol. The highest BCUT2D eigenvalue weighted by molar-refractivity contribution is 5.98. The van der Waals surface area contributed by atoms with Crippen molar-refractivity contribution < 1.29 is 4.79 Å². The average molecular weight is 323 g/mol. The maximum absolute atomic E-state index is 12.7. The summed E-state index contributed by atoms with van der Waals surface area (Å²) in [6, 6.07) is 9.94. The molecule has 1 fully saturated rings. The Hall–Kier alpha value is -2.60. The number of nitrogens with one attached hydrogen (secondary N) is 1. The molecule has 1 saturated heterocycles. The summed E-state index contributed by atoms with van der Waals surface area (Å²) in [4.78, 5) is 24.3. The minimum absolute atomic E-state index is 0.0976. The minimum atomic E-state index is 0.0976. The van der Waals surface area contributed by atoms with Crippen LogP contribution in [0.1, 0.15) is 10.5 Å². The largest absolute Gasteiger partial charge is 0.351 e. The summed E-state index contributed by atoms with van der Waals surface area (Å²) in [6.07, 6.45) is 5.63. The van der Waals surface area contributed by atoms with Gasteiger partial charge in [0, 0.05) is 62.6 Å². The van der Waals surface area contributed by atoms with Gasteiger partial charge in [0.05, 0.1) is 6.33 Å². The Labute approximate surface area is 140 Å². The molecule has 1 aromatic carbocycles. The second kappa shape index (κ2) is 6.49. The number of aromatic amines is 1. The van der Waals surface area contributed by atoms with Crippen LogP contribution in [0.25, 0.3) is 10.9 Å². The van der Waals surface area contributed by atoms with E-state index in [-0.39, 0.29) is 5.91 Å². The van der Waals surface area contributed by atoms with Gasteiger partial charge in [0.25, 0.3) is 5.91 Å². The van der Waals surface area contributed by atoms with Gasteiger partial charge < -0.3 is 14.5 Å². The predicted octanol–water partition coefficient (Wildman–Crippen LogP) is 1.82. The first-order valence-electron chi connectivity index (χ1n) is 8.35. The summed E-state index contributed by atoms with van der Waals surface area (Å²) >= 11 is 0. The number of carbonyl (C=O) groups is 1. The molecule has 24 heavy (non-hydrogen) atoms. The standard InChI is InChI=1S/C18H21N5O/c24-18(17-13-15-3-1-2-4-16(15)20-17)23-11-9-21(10-12-23)7-8-22-6-5-19-14-22/h1-6,13-14,20H,7-12H2. The zero-order valence-corrected chi connectivity index (χ0v) is 13.6. The van der Waals surface area contributed by atoms with Gasteiger partial charge in [-0.15, -0.1) is 0 Å². The maximum Gasteiger partial charge on any atom is 0.270 e. The van der Waals surface area contributed by atoms with Crippen LogP contribution in [-0.2, 0) is 6.54 Å². The number of amides is 1. The molecule has 124 valence electrons. The number of hydrogen-bond acceptors (Lipinski definition) is 3. The number of rotatable bonds is 4. The van der Waals surface area contributed by atoms with Crippen LogP contribution in [0.3, 0.4) is 0 Å². The van der Waals surface area contributed by atoms with Crippen LogP contribution in [0, 0.1) is 0 Å². The van der Waals surface area contributed by atoms with Crippen LogP contribution in [0.5, 0.6) is 0 Å². The molecule has 0 unspecified atom stereocenters. The van der Waals surface area contributed by atoms with E-state index in [9.17, 15) is 4.79 Å². The molecule has 1 aliphatic rings. The van der Waals surface area contributed by atoms with Gasteiger partial charge in [-0.3, -0.25) is 9.69 Å². The molecule has 0 spiro atoms. The maximum atomic E-state index is 12.7. The van der Waals surface area contributed by atoms with Crippen molar-refractivity contribution in [2.24, 2.45) is 0 Å². The van der Waals surface area contributed by atoms with Gasteiger partial charge in [-0.1, -0.05) is 18.2 Å². The van der Waals surface area contributed by atoms with E-state index in [0.29, 0.717) is 5.69 Å². The highest BCUT2D eigenvalue weighted by Crippen LogP contribution is 2.16.